The topological polar surface area (TPSA) is 89.9 Å². The number of nitrogens with zero attached hydrogens (tertiary/aromatic N) is 2. The fraction of sp³-hybridized carbons (Fsp3) is 0.269. The van der Waals surface area contributed by atoms with Crippen LogP contribution in [0.15, 0.2) is 47.3 Å². The molecular formula is C26H23F4N3O5. The maximum Gasteiger partial charge on any atom is 0.416 e. The molecule has 2 heterocycles. The lowest BCUT2D eigenvalue weighted by atomic mass is 10.1. The molecule has 200 valence electrons. The van der Waals surface area contributed by atoms with Crippen molar-refractivity contribution < 1.29 is 36.6 Å². The SMILES string of the molecule is Cc1c(C(=O)N(C)C)cc(C(=O)NCc2cc(F)cc3c2OCOC3)c(=O)n1-c1cccc(C(F)(F)F)c1. The molecule has 0 saturated heterocycles. The van der Waals surface area contributed by atoms with Crippen LogP contribution < -0.4 is 15.6 Å². The summed E-state index contributed by atoms with van der Waals surface area (Å²) in [6, 6.07) is 7.52. The van der Waals surface area contributed by atoms with Crippen LogP contribution in [0.3, 0.4) is 0 Å². The second kappa shape index (κ2) is 10.3. The molecule has 2 amide bonds. The Kier molecular flexibility index (Phi) is 7.27. The Labute approximate surface area is 214 Å². The first-order chi connectivity index (χ1) is 17.9. The van der Waals surface area contributed by atoms with E-state index in [-0.39, 0.29) is 36.9 Å². The first kappa shape index (κ1) is 26.9. The fourth-order valence-electron chi connectivity index (χ4n) is 4.11. The molecule has 0 spiro atoms. The van der Waals surface area contributed by atoms with Crippen molar-refractivity contribution in [3.05, 3.63) is 92.1 Å². The van der Waals surface area contributed by atoms with Crippen LogP contribution in [0.1, 0.15) is 43.1 Å². The Bertz CT molecular complexity index is 1480. The van der Waals surface area contributed by atoms with Gasteiger partial charge in [0.1, 0.15) is 17.1 Å². The van der Waals surface area contributed by atoms with Crippen molar-refractivity contribution >= 4 is 11.8 Å². The van der Waals surface area contributed by atoms with Crippen molar-refractivity contribution in [2.24, 2.45) is 0 Å². The minimum absolute atomic E-state index is 0.0529. The zero-order valence-corrected chi connectivity index (χ0v) is 20.6. The molecule has 1 aliphatic rings. The van der Waals surface area contributed by atoms with Gasteiger partial charge >= 0.3 is 6.18 Å². The Balaban J connectivity index is 1.78. The van der Waals surface area contributed by atoms with Crippen molar-refractivity contribution in [3.63, 3.8) is 0 Å². The molecule has 4 rings (SSSR count). The predicted molar refractivity (Wildman–Crippen MR) is 128 cm³/mol. The van der Waals surface area contributed by atoms with Gasteiger partial charge in [-0.2, -0.15) is 13.2 Å². The lowest BCUT2D eigenvalue weighted by molar-refractivity contribution is -0.137. The number of hydrogen-bond donors (Lipinski definition) is 1. The molecule has 0 unspecified atom stereocenters. The maximum absolute atomic E-state index is 14.1. The van der Waals surface area contributed by atoms with Gasteiger partial charge in [-0.3, -0.25) is 19.0 Å². The molecule has 1 N–H and O–H groups in total. The Morgan fingerprint density at radius 3 is 2.53 bits per heavy atom. The van der Waals surface area contributed by atoms with Crippen molar-refractivity contribution in [2.75, 3.05) is 20.9 Å². The molecule has 38 heavy (non-hydrogen) atoms. The van der Waals surface area contributed by atoms with Crippen molar-refractivity contribution in [1.82, 2.24) is 14.8 Å². The van der Waals surface area contributed by atoms with Gasteiger partial charge < -0.3 is 19.7 Å². The van der Waals surface area contributed by atoms with E-state index in [0.29, 0.717) is 16.9 Å². The van der Waals surface area contributed by atoms with Crippen LogP contribution in [0.2, 0.25) is 0 Å². The number of carbonyl (C=O) groups excluding carboxylic acids is 2. The van der Waals surface area contributed by atoms with Crippen LogP contribution in [0.25, 0.3) is 5.69 Å². The molecule has 1 aromatic heterocycles. The van der Waals surface area contributed by atoms with E-state index in [1.807, 2.05) is 0 Å². The highest BCUT2D eigenvalue weighted by atomic mass is 19.4. The Morgan fingerprint density at radius 2 is 1.84 bits per heavy atom. The fourth-order valence-corrected chi connectivity index (χ4v) is 4.11. The monoisotopic (exact) mass is 533 g/mol. The number of hydrogen-bond acceptors (Lipinski definition) is 5. The number of amides is 2. The van der Waals surface area contributed by atoms with E-state index in [4.69, 9.17) is 9.47 Å². The molecule has 0 radical (unpaired) electrons. The molecule has 0 aliphatic carbocycles. The van der Waals surface area contributed by atoms with E-state index in [1.165, 1.54) is 44.1 Å². The van der Waals surface area contributed by atoms with Crippen LogP contribution in [-0.2, 0) is 24.1 Å². The maximum atomic E-state index is 14.1. The zero-order chi connectivity index (χ0) is 27.8. The summed E-state index contributed by atoms with van der Waals surface area (Å²) in [7, 11) is 2.91. The molecular weight excluding hydrogens is 510 g/mol. The molecule has 3 aromatic rings. The van der Waals surface area contributed by atoms with E-state index in [9.17, 15) is 31.9 Å². The lowest BCUT2D eigenvalue weighted by Gasteiger charge is -2.21. The van der Waals surface area contributed by atoms with Gasteiger partial charge in [-0.1, -0.05) is 6.07 Å². The van der Waals surface area contributed by atoms with E-state index < -0.39 is 40.5 Å². The molecule has 0 bridgehead atoms. The number of pyridine rings is 1. The van der Waals surface area contributed by atoms with E-state index in [2.05, 4.69) is 5.32 Å². The quantitative estimate of drug-likeness (QED) is 0.504. The summed E-state index contributed by atoms with van der Waals surface area (Å²) in [5.41, 5.74) is -1.84. The molecule has 0 atom stereocenters. The number of ether oxygens (including phenoxy) is 2. The summed E-state index contributed by atoms with van der Waals surface area (Å²) in [5, 5.41) is 2.52. The molecule has 0 saturated carbocycles. The van der Waals surface area contributed by atoms with Crippen molar-refractivity contribution in [3.8, 4) is 11.4 Å². The normalized spacial score (nSPS) is 12.9. The number of carbonyl (C=O) groups is 2. The smallest absolute Gasteiger partial charge is 0.416 e. The Hall–Kier alpha value is -4.19. The number of halogens is 4. The minimum Gasteiger partial charge on any atom is -0.467 e. The average molecular weight is 533 g/mol. The van der Waals surface area contributed by atoms with Crippen LogP contribution in [0, 0.1) is 12.7 Å². The van der Waals surface area contributed by atoms with Gasteiger partial charge in [0.25, 0.3) is 17.4 Å². The summed E-state index contributed by atoms with van der Waals surface area (Å²) in [6.45, 7) is 1.23. The summed E-state index contributed by atoms with van der Waals surface area (Å²) in [5.74, 6) is -1.71. The van der Waals surface area contributed by atoms with E-state index >= 15 is 0 Å². The van der Waals surface area contributed by atoms with Gasteiger partial charge in [-0.15, -0.1) is 0 Å². The minimum atomic E-state index is -4.68. The van der Waals surface area contributed by atoms with Crippen LogP contribution in [-0.4, -0.2) is 42.2 Å². The zero-order valence-electron chi connectivity index (χ0n) is 20.6. The van der Waals surface area contributed by atoms with Crippen LogP contribution >= 0.6 is 0 Å². The third-order valence-electron chi connectivity index (χ3n) is 5.95. The van der Waals surface area contributed by atoms with Crippen molar-refractivity contribution in [2.45, 2.75) is 26.3 Å². The number of rotatable bonds is 5. The highest BCUT2D eigenvalue weighted by Gasteiger charge is 2.31. The second-order valence-electron chi connectivity index (χ2n) is 8.79. The van der Waals surface area contributed by atoms with Gasteiger partial charge in [-0.25, -0.2) is 4.39 Å². The summed E-state index contributed by atoms with van der Waals surface area (Å²) >= 11 is 0. The van der Waals surface area contributed by atoms with Crippen LogP contribution in [0.5, 0.6) is 5.75 Å². The third kappa shape index (κ3) is 5.25. The largest absolute Gasteiger partial charge is 0.467 e. The van der Waals surface area contributed by atoms with Gasteiger partial charge in [-0.05, 0) is 43.3 Å². The van der Waals surface area contributed by atoms with E-state index in [1.54, 1.807) is 0 Å². The second-order valence-corrected chi connectivity index (χ2v) is 8.79. The molecule has 0 fully saturated rings. The highest BCUT2D eigenvalue weighted by molar-refractivity contribution is 6.00. The summed E-state index contributed by atoms with van der Waals surface area (Å²) in [6.07, 6.45) is -4.68. The standard InChI is InChI=1S/C26H23F4N3O5/c1-14-20(24(35)32(2)3)10-21(25(36)33(14)19-6-4-5-17(9-19)26(28,29)30)23(34)31-11-15-7-18(27)8-16-12-37-13-38-22(15)16/h4-10H,11-13H2,1-3H3,(H,31,34). The van der Waals surface area contributed by atoms with Crippen LogP contribution in [0.4, 0.5) is 17.6 Å². The number of benzene rings is 2. The van der Waals surface area contributed by atoms with Gasteiger partial charge in [0.05, 0.1) is 17.7 Å². The van der Waals surface area contributed by atoms with Gasteiger partial charge in [0, 0.05) is 43.1 Å². The number of fused-ring (bicyclic) bond motifs is 1. The first-order valence-electron chi connectivity index (χ1n) is 11.3. The Morgan fingerprint density at radius 1 is 1.11 bits per heavy atom. The highest BCUT2D eigenvalue weighted by Crippen LogP contribution is 2.31. The van der Waals surface area contributed by atoms with Gasteiger partial charge in [0.15, 0.2) is 6.79 Å². The lowest BCUT2D eigenvalue weighted by Crippen LogP contribution is -2.36. The third-order valence-corrected chi connectivity index (χ3v) is 5.95. The summed E-state index contributed by atoms with van der Waals surface area (Å²) in [4.78, 5) is 40.7. The van der Waals surface area contributed by atoms with Crippen molar-refractivity contribution in [1.29, 1.82) is 0 Å². The number of alkyl halides is 3. The molecule has 8 nitrogen and oxygen atoms in total. The van der Waals surface area contributed by atoms with E-state index in [0.717, 1.165) is 28.8 Å². The molecule has 12 heteroatoms. The first-order valence-corrected chi connectivity index (χ1v) is 11.3. The van der Waals surface area contributed by atoms with Gasteiger partial charge in [0.2, 0.25) is 0 Å². The summed E-state index contributed by atoms with van der Waals surface area (Å²) < 4.78 is 65.6. The predicted octanol–water partition coefficient (Wildman–Crippen LogP) is 3.80. The molecule has 1 aliphatic heterocycles. The molecule has 2 aromatic carbocycles. The number of nitrogens with one attached hydrogen (secondary N) is 1. The number of aromatic nitrogens is 1. The average Bonchev–Trinajstić information content (AvgIpc) is 2.86.